The van der Waals surface area contributed by atoms with Crippen molar-refractivity contribution in [3.8, 4) is 0 Å². The number of nitro groups is 1. The van der Waals surface area contributed by atoms with Gasteiger partial charge in [0.25, 0.3) is 0 Å². The molecule has 0 unspecified atom stereocenters. The van der Waals surface area contributed by atoms with Gasteiger partial charge in [0, 0.05) is 10.9 Å². The van der Waals surface area contributed by atoms with Gasteiger partial charge in [-0.1, -0.05) is 15.9 Å². The summed E-state index contributed by atoms with van der Waals surface area (Å²) in [5, 5.41) is 16.8. The van der Waals surface area contributed by atoms with E-state index >= 15 is 0 Å². The molecule has 0 radical (unpaired) electrons. The summed E-state index contributed by atoms with van der Waals surface area (Å²) in [7, 11) is 0. The number of aryl methyl sites for hydroxylation is 2. The van der Waals surface area contributed by atoms with Crippen molar-refractivity contribution in [1.29, 1.82) is 0 Å². The second-order valence-electron chi connectivity index (χ2n) is 4.55. The zero-order valence-electron chi connectivity index (χ0n) is 11.5. The van der Waals surface area contributed by atoms with Crippen LogP contribution in [0.4, 0.5) is 15.9 Å². The summed E-state index contributed by atoms with van der Waals surface area (Å²) in [5.74, 6) is -1.22. The lowest BCUT2D eigenvalue weighted by Gasteiger charge is -2.06. The van der Waals surface area contributed by atoms with Crippen molar-refractivity contribution in [3.05, 3.63) is 50.4 Å². The first-order chi connectivity index (χ1) is 10.4. The Morgan fingerprint density at radius 3 is 2.82 bits per heavy atom. The fraction of sp³-hybridized carbons (Fsp3) is 0.231. The van der Waals surface area contributed by atoms with Crippen LogP contribution < -0.4 is 5.32 Å². The standard InChI is InChI=1S/C13H12BrFN4O3/c1-8-6-12(19(21)22)17-18(8)5-4-13(20)16-11-3-2-9(14)7-10(11)15/h2-3,6-7H,4-5H2,1H3,(H,16,20). The van der Waals surface area contributed by atoms with Crippen LogP contribution in [-0.4, -0.2) is 20.6 Å². The van der Waals surface area contributed by atoms with Gasteiger partial charge in [0.2, 0.25) is 5.91 Å². The summed E-state index contributed by atoms with van der Waals surface area (Å²) in [6.45, 7) is 1.83. The highest BCUT2D eigenvalue weighted by molar-refractivity contribution is 9.10. The maximum Gasteiger partial charge on any atom is 0.390 e. The summed E-state index contributed by atoms with van der Waals surface area (Å²) >= 11 is 3.13. The summed E-state index contributed by atoms with van der Waals surface area (Å²) in [5.41, 5.74) is 0.658. The molecule has 1 aromatic heterocycles. The molecule has 1 N–H and O–H groups in total. The van der Waals surface area contributed by atoms with Crippen molar-refractivity contribution in [2.75, 3.05) is 5.32 Å². The monoisotopic (exact) mass is 370 g/mol. The van der Waals surface area contributed by atoms with E-state index in [1.807, 2.05) is 0 Å². The number of carbonyl (C=O) groups is 1. The van der Waals surface area contributed by atoms with Crippen LogP contribution >= 0.6 is 15.9 Å². The highest BCUT2D eigenvalue weighted by Gasteiger charge is 2.16. The number of benzene rings is 1. The second-order valence-corrected chi connectivity index (χ2v) is 5.46. The number of nitrogens with one attached hydrogen (secondary N) is 1. The van der Waals surface area contributed by atoms with E-state index in [9.17, 15) is 19.3 Å². The lowest BCUT2D eigenvalue weighted by atomic mass is 10.3. The van der Waals surface area contributed by atoms with E-state index in [0.717, 1.165) is 0 Å². The van der Waals surface area contributed by atoms with Crippen molar-refractivity contribution in [2.24, 2.45) is 0 Å². The predicted octanol–water partition coefficient (Wildman–Crippen LogP) is 3.03. The lowest BCUT2D eigenvalue weighted by molar-refractivity contribution is -0.389. The Kier molecular flexibility index (Phi) is 4.86. The number of halogens is 2. The van der Waals surface area contributed by atoms with Crippen molar-refractivity contribution in [1.82, 2.24) is 9.78 Å². The topological polar surface area (TPSA) is 90.1 Å². The van der Waals surface area contributed by atoms with Crippen LogP contribution in [0.3, 0.4) is 0 Å². The SMILES string of the molecule is Cc1cc([N+](=O)[O-])nn1CCC(=O)Nc1ccc(Br)cc1F. The molecule has 1 amide bonds. The number of carbonyl (C=O) groups excluding carboxylic acids is 1. The molecule has 2 aromatic rings. The third-order valence-corrected chi connectivity index (χ3v) is 3.40. The van der Waals surface area contributed by atoms with Crippen molar-refractivity contribution in [3.63, 3.8) is 0 Å². The molecule has 1 aromatic carbocycles. The average Bonchev–Trinajstić information content (AvgIpc) is 2.81. The van der Waals surface area contributed by atoms with Crippen LogP contribution in [0, 0.1) is 22.9 Å². The maximum absolute atomic E-state index is 13.6. The molecule has 7 nitrogen and oxygen atoms in total. The van der Waals surface area contributed by atoms with Crippen LogP contribution in [0.25, 0.3) is 0 Å². The third-order valence-electron chi connectivity index (χ3n) is 2.91. The van der Waals surface area contributed by atoms with Crippen LogP contribution in [0.15, 0.2) is 28.7 Å². The van der Waals surface area contributed by atoms with Gasteiger partial charge in [-0.15, -0.1) is 0 Å². The molecule has 0 atom stereocenters. The molecule has 9 heteroatoms. The van der Waals surface area contributed by atoms with E-state index in [-0.39, 0.29) is 24.5 Å². The highest BCUT2D eigenvalue weighted by atomic mass is 79.9. The van der Waals surface area contributed by atoms with Crippen LogP contribution in [0.1, 0.15) is 12.1 Å². The summed E-state index contributed by atoms with van der Waals surface area (Å²) < 4.78 is 15.5. The first kappa shape index (κ1) is 16.1. The van der Waals surface area contributed by atoms with Crippen LogP contribution in [0.2, 0.25) is 0 Å². The van der Waals surface area contributed by atoms with E-state index in [1.54, 1.807) is 13.0 Å². The fourth-order valence-electron chi connectivity index (χ4n) is 1.82. The molecule has 0 saturated carbocycles. The number of hydrogen-bond acceptors (Lipinski definition) is 4. The Balaban J connectivity index is 1.97. The zero-order chi connectivity index (χ0) is 16.3. The van der Waals surface area contributed by atoms with Gasteiger partial charge in [-0.3, -0.25) is 4.79 Å². The molecule has 2 rings (SSSR count). The molecule has 0 bridgehead atoms. The first-order valence-corrected chi connectivity index (χ1v) is 7.10. The fourth-order valence-corrected chi connectivity index (χ4v) is 2.15. The lowest BCUT2D eigenvalue weighted by Crippen LogP contribution is -2.16. The molecule has 1 heterocycles. The van der Waals surface area contributed by atoms with E-state index in [0.29, 0.717) is 10.2 Å². The van der Waals surface area contributed by atoms with Gasteiger partial charge in [0.05, 0.1) is 29.1 Å². The smallest absolute Gasteiger partial charge is 0.358 e. The van der Waals surface area contributed by atoms with Crippen molar-refractivity contribution < 1.29 is 14.1 Å². The third kappa shape index (κ3) is 3.88. The second kappa shape index (κ2) is 6.65. The van der Waals surface area contributed by atoms with Gasteiger partial charge in [-0.25, -0.2) is 4.39 Å². The molecule has 0 aliphatic heterocycles. The summed E-state index contributed by atoms with van der Waals surface area (Å²) in [6.07, 6.45) is 0.0230. The molecule has 0 fully saturated rings. The number of amides is 1. The number of hydrogen-bond donors (Lipinski definition) is 1. The molecule has 0 aliphatic carbocycles. The Morgan fingerprint density at radius 2 is 2.23 bits per heavy atom. The van der Waals surface area contributed by atoms with E-state index in [1.165, 1.54) is 22.9 Å². The van der Waals surface area contributed by atoms with Gasteiger partial charge >= 0.3 is 5.82 Å². The van der Waals surface area contributed by atoms with Crippen LogP contribution in [-0.2, 0) is 11.3 Å². The Hall–Kier alpha value is -2.29. The van der Waals surface area contributed by atoms with Gasteiger partial charge in [0.1, 0.15) is 5.82 Å². The Labute approximate surface area is 133 Å². The summed E-state index contributed by atoms with van der Waals surface area (Å²) in [4.78, 5) is 21.8. The minimum atomic E-state index is -0.596. The number of nitrogens with zero attached hydrogens (tertiary/aromatic N) is 3. The minimum absolute atomic E-state index is 0.0230. The molecule has 22 heavy (non-hydrogen) atoms. The predicted molar refractivity (Wildman–Crippen MR) is 81.0 cm³/mol. The normalized spacial score (nSPS) is 10.5. The van der Waals surface area contributed by atoms with Gasteiger partial charge in [-0.05, 0) is 30.0 Å². The number of anilines is 1. The van der Waals surface area contributed by atoms with Gasteiger partial charge in [0.15, 0.2) is 0 Å². The maximum atomic E-state index is 13.6. The largest absolute Gasteiger partial charge is 0.390 e. The molecular formula is C13H12BrFN4O3. The number of rotatable bonds is 5. The van der Waals surface area contributed by atoms with Gasteiger partial charge in [-0.2, -0.15) is 4.68 Å². The summed E-state index contributed by atoms with van der Waals surface area (Å²) in [6, 6.07) is 5.63. The quantitative estimate of drug-likeness (QED) is 0.646. The van der Waals surface area contributed by atoms with E-state index in [4.69, 9.17) is 0 Å². The molecule has 0 aliphatic rings. The number of aromatic nitrogens is 2. The zero-order valence-corrected chi connectivity index (χ0v) is 13.1. The molecular weight excluding hydrogens is 359 g/mol. The van der Waals surface area contributed by atoms with Gasteiger partial charge < -0.3 is 15.4 Å². The average molecular weight is 371 g/mol. The Bertz CT molecular complexity index is 732. The highest BCUT2D eigenvalue weighted by Crippen LogP contribution is 2.19. The van der Waals surface area contributed by atoms with E-state index in [2.05, 4.69) is 26.3 Å². The van der Waals surface area contributed by atoms with Crippen molar-refractivity contribution in [2.45, 2.75) is 19.9 Å². The minimum Gasteiger partial charge on any atom is -0.358 e. The van der Waals surface area contributed by atoms with Crippen molar-refractivity contribution >= 4 is 33.3 Å². The molecule has 116 valence electrons. The van der Waals surface area contributed by atoms with E-state index < -0.39 is 16.6 Å². The molecule has 0 saturated heterocycles. The van der Waals surface area contributed by atoms with Crippen LogP contribution in [0.5, 0.6) is 0 Å². The molecule has 0 spiro atoms. The first-order valence-electron chi connectivity index (χ1n) is 6.30. The Morgan fingerprint density at radius 1 is 1.50 bits per heavy atom.